The number of carbonyl (C=O) groups is 2. The Kier molecular flexibility index (Phi) is 7.97. The molecule has 0 spiro atoms. The summed E-state index contributed by atoms with van der Waals surface area (Å²) < 4.78 is 0. The lowest BCUT2D eigenvalue weighted by Crippen LogP contribution is -2.45. The summed E-state index contributed by atoms with van der Waals surface area (Å²) in [6.45, 7) is 9.27. The Bertz CT molecular complexity index is 1470. The lowest BCUT2D eigenvalue weighted by Gasteiger charge is -2.52. The van der Waals surface area contributed by atoms with E-state index >= 15 is 0 Å². The Hall–Kier alpha value is -3.44. The van der Waals surface area contributed by atoms with Gasteiger partial charge in [-0.25, -0.2) is 4.79 Å². The van der Waals surface area contributed by atoms with Crippen LogP contribution in [0.25, 0.3) is 6.08 Å². The Morgan fingerprint density at radius 3 is 2.47 bits per heavy atom. The molecule has 4 aliphatic rings. The van der Waals surface area contributed by atoms with E-state index in [0.29, 0.717) is 24.8 Å². The van der Waals surface area contributed by atoms with Crippen molar-refractivity contribution in [1.82, 2.24) is 5.32 Å². The summed E-state index contributed by atoms with van der Waals surface area (Å²) in [5.41, 5.74) is 8.69. The van der Waals surface area contributed by atoms with Gasteiger partial charge in [0, 0.05) is 24.6 Å². The van der Waals surface area contributed by atoms with Crippen molar-refractivity contribution in [3.05, 3.63) is 94.1 Å². The predicted molar refractivity (Wildman–Crippen MR) is 174 cm³/mol. The van der Waals surface area contributed by atoms with Crippen molar-refractivity contribution in [2.75, 3.05) is 11.9 Å². The molecule has 3 N–H and O–H groups in total. The fraction of sp³-hybridized carbons (Fsp3) is 0.474. The number of aliphatic hydroxyl groups is 1. The molecule has 0 aliphatic heterocycles. The SMILES string of the molecule is CC(C)(C)c1ccc(NC(=O)NC/C=C/c2ccc([C@H]3C[C@@]4(C)C(CC[C@@H]4O)C4CCC5=CC(=O)CCC5=C43)cc2)cc1. The van der Waals surface area contributed by atoms with Crippen LogP contribution in [-0.4, -0.2) is 29.6 Å². The van der Waals surface area contributed by atoms with Gasteiger partial charge in [0.1, 0.15) is 0 Å². The van der Waals surface area contributed by atoms with Crippen LogP contribution in [0.1, 0.15) is 95.2 Å². The highest BCUT2D eigenvalue weighted by Gasteiger charge is 2.56. The second-order valence-corrected chi connectivity index (χ2v) is 14.4. The first-order chi connectivity index (χ1) is 20.5. The Balaban J connectivity index is 1.13. The van der Waals surface area contributed by atoms with Crippen LogP contribution in [0.4, 0.5) is 10.5 Å². The molecule has 0 radical (unpaired) electrons. The van der Waals surface area contributed by atoms with Crippen LogP contribution in [-0.2, 0) is 10.2 Å². The summed E-state index contributed by atoms with van der Waals surface area (Å²) in [7, 11) is 0. The van der Waals surface area contributed by atoms with Crippen LogP contribution in [0.2, 0.25) is 0 Å². The van der Waals surface area contributed by atoms with Gasteiger partial charge in [0.25, 0.3) is 0 Å². The van der Waals surface area contributed by atoms with Crippen molar-refractivity contribution in [3.8, 4) is 0 Å². The maximum absolute atomic E-state index is 12.4. The highest BCUT2D eigenvalue weighted by molar-refractivity contribution is 5.93. The summed E-state index contributed by atoms with van der Waals surface area (Å²) in [6.07, 6.45) is 12.2. The molecule has 43 heavy (non-hydrogen) atoms. The van der Waals surface area contributed by atoms with Crippen molar-refractivity contribution in [2.24, 2.45) is 17.3 Å². The van der Waals surface area contributed by atoms with E-state index in [1.165, 1.54) is 22.3 Å². The number of fused-ring (bicyclic) bond motifs is 4. The smallest absolute Gasteiger partial charge is 0.319 e. The summed E-state index contributed by atoms with van der Waals surface area (Å²) >= 11 is 0. The van der Waals surface area contributed by atoms with E-state index in [4.69, 9.17) is 0 Å². The number of hydrogen-bond donors (Lipinski definition) is 3. The average molecular weight is 579 g/mol. The third-order valence-electron chi connectivity index (χ3n) is 10.7. The molecule has 2 unspecified atom stereocenters. The van der Waals surface area contributed by atoms with Gasteiger partial charge in [0.15, 0.2) is 5.78 Å². The molecule has 5 nitrogen and oxygen atoms in total. The molecular weight excluding hydrogens is 532 g/mol. The van der Waals surface area contributed by atoms with Crippen LogP contribution in [0, 0.1) is 17.3 Å². The Labute approximate surface area is 256 Å². The van der Waals surface area contributed by atoms with Crippen LogP contribution in [0.5, 0.6) is 0 Å². The fourth-order valence-corrected chi connectivity index (χ4v) is 8.35. The van der Waals surface area contributed by atoms with Crippen LogP contribution >= 0.6 is 0 Å². The number of hydrogen-bond acceptors (Lipinski definition) is 3. The second-order valence-electron chi connectivity index (χ2n) is 14.4. The van der Waals surface area contributed by atoms with E-state index in [9.17, 15) is 14.7 Å². The monoisotopic (exact) mass is 578 g/mol. The maximum atomic E-state index is 12.4. The molecule has 2 aromatic carbocycles. The highest BCUT2D eigenvalue weighted by Crippen LogP contribution is 2.63. The van der Waals surface area contributed by atoms with Crippen molar-refractivity contribution in [2.45, 2.75) is 90.1 Å². The van der Waals surface area contributed by atoms with E-state index in [1.807, 2.05) is 30.4 Å². The molecular formula is C38H46N2O3. The minimum atomic E-state index is -0.244. The maximum Gasteiger partial charge on any atom is 0.319 e. The van der Waals surface area contributed by atoms with Crippen LogP contribution in [0.3, 0.4) is 0 Å². The standard InChI is InChI=1S/C38H46N2O3/c1-37(2,3)27-12-14-28(15-13-27)40-36(43)39-21-5-6-24-7-9-25(10-8-24)32-23-38(4)33(19-20-34(38)42)31-17-11-26-22-29(41)16-18-30(26)35(31)32/h5-10,12-15,22,31-34,42H,11,16-21,23H2,1-4H3,(H2,39,40,43)/b6-5+/t31?,32-,33?,34+,38+/m1/s1. The van der Waals surface area contributed by atoms with Gasteiger partial charge in [-0.15, -0.1) is 0 Å². The minimum absolute atomic E-state index is 0.0649. The van der Waals surface area contributed by atoms with Crippen LogP contribution in [0.15, 0.2) is 77.4 Å². The molecule has 2 amide bonds. The van der Waals surface area contributed by atoms with E-state index < -0.39 is 0 Å². The molecule has 5 heteroatoms. The van der Waals surface area contributed by atoms with Gasteiger partial charge in [-0.05, 0) is 107 Å². The topological polar surface area (TPSA) is 78.4 Å². The average Bonchev–Trinajstić information content (AvgIpc) is 3.28. The molecule has 0 bridgehead atoms. The first-order valence-corrected chi connectivity index (χ1v) is 16.1. The molecule has 4 aliphatic carbocycles. The van der Waals surface area contributed by atoms with Crippen LogP contribution < -0.4 is 10.6 Å². The van der Waals surface area contributed by atoms with Gasteiger partial charge in [-0.3, -0.25) is 4.79 Å². The zero-order chi connectivity index (χ0) is 30.4. The number of allylic oxidation sites excluding steroid dienone is 4. The van der Waals surface area contributed by atoms with Gasteiger partial charge in [-0.2, -0.15) is 0 Å². The molecule has 0 heterocycles. The van der Waals surface area contributed by atoms with Gasteiger partial charge < -0.3 is 15.7 Å². The third kappa shape index (κ3) is 5.89. The van der Waals surface area contributed by atoms with Gasteiger partial charge in [0.2, 0.25) is 0 Å². The Morgan fingerprint density at radius 1 is 1.00 bits per heavy atom. The van der Waals surface area contributed by atoms with Gasteiger partial charge in [0.05, 0.1) is 6.10 Å². The molecule has 0 aromatic heterocycles. The number of aliphatic hydroxyl groups excluding tert-OH is 1. The number of nitrogens with one attached hydrogen (secondary N) is 2. The van der Waals surface area contributed by atoms with Crippen molar-refractivity contribution in [3.63, 3.8) is 0 Å². The summed E-state index contributed by atoms with van der Waals surface area (Å²) in [5, 5.41) is 16.9. The molecule has 2 aromatic rings. The molecule has 226 valence electrons. The number of benzene rings is 2. The molecule has 0 saturated heterocycles. The number of ketones is 1. The van der Waals surface area contributed by atoms with Crippen molar-refractivity contribution >= 4 is 23.6 Å². The predicted octanol–water partition coefficient (Wildman–Crippen LogP) is 8.08. The second kappa shape index (κ2) is 11.6. The Morgan fingerprint density at radius 2 is 1.74 bits per heavy atom. The lowest BCUT2D eigenvalue weighted by atomic mass is 9.53. The first-order valence-electron chi connectivity index (χ1n) is 16.1. The van der Waals surface area contributed by atoms with Crippen molar-refractivity contribution < 1.29 is 14.7 Å². The highest BCUT2D eigenvalue weighted by atomic mass is 16.3. The van der Waals surface area contributed by atoms with Crippen molar-refractivity contribution in [1.29, 1.82) is 0 Å². The molecule has 6 rings (SSSR count). The summed E-state index contributed by atoms with van der Waals surface area (Å²) in [6, 6.07) is 16.6. The first kappa shape index (κ1) is 29.6. The quantitative estimate of drug-likeness (QED) is 0.336. The number of anilines is 1. The zero-order valence-corrected chi connectivity index (χ0v) is 26.1. The summed E-state index contributed by atoms with van der Waals surface area (Å²) in [5.74, 6) is 1.56. The third-order valence-corrected chi connectivity index (χ3v) is 10.7. The van der Waals surface area contributed by atoms with E-state index in [1.54, 1.807) is 5.57 Å². The number of urea groups is 1. The number of amides is 2. The zero-order valence-electron chi connectivity index (χ0n) is 26.1. The van der Waals surface area contributed by atoms with Gasteiger partial charge >= 0.3 is 6.03 Å². The largest absolute Gasteiger partial charge is 0.393 e. The van der Waals surface area contributed by atoms with Gasteiger partial charge in [-0.1, -0.05) is 81.8 Å². The fourth-order valence-electron chi connectivity index (χ4n) is 8.35. The lowest BCUT2D eigenvalue weighted by molar-refractivity contribution is -0.114. The molecule has 2 saturated carbocycles. The molecule has 2 fully saturated rings. The molecule has 5 atom stereocenters. The van der Waals surface area contributed by atoms with E-state index in [0.717, 1.165) is 49.8 Å². The number of rotatable bonds is 5. The number of carbonyl (C=O) groups excluding carboxylic acids is 2. The van der Waals surface area contributed by atoms with E-state index in [-0.39, 0.29) is 34.7 Å². The minimum Gasteiger partial charge on any atom is -0.393 e. The van der Waals surface area contributed by atoms with E-state index in [2.05, 4.69) is 74.7 Å². The summed E-state index contributed by atoms with van der Waals surface area (Å²) in [4.78, 5) is 24.6. The normalized spacial score (nSPS) is 28.7.